The summed E-state index contributed by atoms with van der Waals surface area (Å²) < 4.78 is 0. The van der Waals surface area contributed by atoms with E-state index in [1.807, 2.05) is 18.2 Å². The molecule has 76 valence electrons. The summed E-state index contributed by atoms with van der Waals surface area (Å²) in [7, 11) is 1.69. The lowest BCUT2D eigenvalue weighted by atomic mass is 10.1. The number of halogens is 1. The van der Waals surface area contributed by atoms with Gasteiger partial charge in [0.1, 0.15) is 5.50 Å². The number of carbonyl (C=O) groups excluding carboxylic acids is 1. The van der Waals surface area contributed by atoms with Gasteiger partial charge in [-0.15, -0.1) is 0 Å². The highest BCUT2D eigenvalue weighted by atomic mass is 35.5. The van der Waals surface area contributed by atoms with Crippen LogP contribution >= 0.6 is 11.6 Å². The van der Waals surface area contributed by atoms with E-state index in [-0.39, 0.29) is 5.50 Å². The normalized spacial score (nSPS) is 12.1. The lowest BCUT2D eigenvalue weighted by molar-refractivity contribution is -0.117. The Hall–Kier alpha value is -1.02. The van der Waals surface area contributed by atoms with E-state index in [0.717, 1.165) is 19.3 Å². The second-order valence-electron chi connectivity index (χ2n) is 3.23. The van der Waals surface area contributed by atoms with Crippen LogP contribution in [0.5, 0.6) is 0 Å². The van der Waals surface area contributed by atoms with Gasteiger partial charge in [-0.25, -0.2) is 0 Å². The van der Waals surface area contributed by atoms with Crippen molar-refractivity contribution < 1.29 is 4.79 Å². The Morgan fingerprint density at radius 2 is 2.07 bits per heavy atom. The first-order chi connectivity index (χ1) is 6.74. The number of hydrogen-bond acceptors (Lipinski definition) is 1. The summed E-state index contributed by atoms with van der Waals surface area (Å²) in [5.74, 6) is 0. The van der Waals surface area contributed by atoms with Gasteiger partial charge in [-0.3, -0.25) is 4.79 Å². The predicted molar refractivity (Wildman–Crippen MR) is 58.2 cm³/mol. The molecule has 0 radical (unpaired) electrons. The van der Waals surface area contributed by atoms with Gasteiger partial charge < -0.3 is 4.90 Å². The summed E-state index contributed by atoms with van der Waals surface area (Å²) in [6, 6.07) is 10.1. The second-order valence-corrected chi connectivity index (χ2v) is 3.73. The summed E-state index contributed by atoms with van der Waals surface area (Å²) in [4.78, 5) is 11.9. The number of alkyl halides is 1. The number of carbonyl (C=O) groups is 1. The largest absolute Gasteiger partial charge is 0.332 e. The summed E-state index contributed by atoms with van der Waals surface area (Å²) in [5, 5.41) is 0. The van der Waals surface area contributed by atoms with Crippen molar-refractivity contribution in [3.8, 4) is 0 Å². The minimum atomic E-state index is -0.215. The van der Waals surface area contributed by atoms with E-state index in [1.165, 1.54) is 10.5 Å². The maximum absolute atomic E-state index is 10.4. The van der Waals surface area contributed by atoms with Crippen LogP contribution in [0.1, 0.15) is 12.0 Å². The van der Waals surface area contributed by atoms with Gasteiger partial charge in [-0.05, 0) is 18.4 Å². The molecule has 0 spiro atoms. The maximum Gasteiger partial charge on any atom is 0.210 e. The molecule has 1 aromatic carbocycles. The zero-order valence-corrected chi connectivity index (χ0v) is 8.95. The summed E-state index contributed by atoms with van der Waals surface area (Å²) in [5.41, 5.74) is 1.03. The monoisotopic (exact) mass is 211 g/mol. The first-order valence-electron chi connectivity index (χ1n) is 4.59. The fourth-order valence-corrected chi connectivity index (χ4v) is 1.36. The molecule has 14 heavy (non-hydrogen) atoms. The highest BCUT2D eigenvalue weighted by Gasteiger charge is 2.08. The van der Waals surface area contributed by atoms with Crippen molar-refractivity contribution in [2.45, 2.75) is 18.3 Å². The Balaban J connectivity index is 2.37. The van der Waals surface area contributed by atoms with Crippen molar-refractivity contribution in [1.29, 1.82) is 0 Å². The van der Waals surface area contributed by atoms with E-state index in [1.54, 1.807) is 7.05 Å². The standard InChI is InChI=1S/C11H14ClNO/c1-13(9-14)11(12)8-7-10-5-3-2-4-6-10/h2-6,9,11H,7-8H2,1H3. The maximum atomic E-state index is 10.4. The smallest absolute Gasteiger partial charge is 0.210 e. The zero-order chi connectivity index (χ0) is 10.4. The quantitative estimate of drug-likeness (QED) is 0.416. The molecule has 0 aromatic heterocycles. The van der Waals surface area contributed by atoms with E-state index in [4.69, 9.17) is 11.6 Å². The number of aryl methyl sites for hydroxylation is 1. The second kappa shape index (κ2) is 5.66. The van der Waals surface area contributed by atoms with Gasteiger partial charge >= 0.3 is 0 Å². The van der Waals surface area contributed by atoms with Crippen LogP contribution < -0.4 is 0 Å². The van der Waals surface area contributed by atoms with E-state index in [0.29, 0.717) is 0 Å². The molecule has 1 unspecified atom stereocenters. The minimum Gasteiger partial charge on any atom is -0.332 e. The number of hydrogen-bond donors (Lipinski definition) is 0. The van der Waals surface area contributed by atoms with Crippen molar-refractivity contribution in [1.82, 2.24) is 4.90 Å². The molecule has 1 aromatic rings. The van der Waals surface area contributed by atoms with Crippen molar-refractivity contribution in [2.24, 2.45) is 0 Å². The highest BCUT2D eigenvalue weighted by molar-refractivity contribution is 6.20. The van der Waals surface area contributed by atoms with Crippen LogP contribution in [0.15, 0.2) is 30.3 Å². The van der Waals surface area contributed by atoms with Crippen molar-refractivity contribution in [2.75, 3.05) is 7.05 Å². The Kier molecular flexibility index (Phi) is 4.47. The van der Waals surface area contributed by atoms with E-state index >= 15 is 0 Å². The van der Waals surface area contributed by atoms with Crippen LogP contribution in [-0.2, 0) is 11.2 Å². The van der Waals surface area contributed by atoms with Crippen LogP contribution in [0.3, 0.4) is 0 Å². The zero-order valence-electron chi connectivity index (χ0n) is 8.19. The van der Waals surface area contributed by atoms with E-state index < -0.39 is 0 Å². The van der Waals surface area contributed by atoms with Crippen LogP contribution in [0.2, 0.25) is 0 Å². The Bertz CT molecular complexity index is 276. The molecular weight excluding hydrogens is 198 g/mol. The molecule has 0 saturated carbocycles. The molecule has 0 fully saturated rings. The molecule has 0 aliphatic heterocycles. The van der Waals surface area contributed by atoms with Gasteiger partial charge in [0.2, 0.25) is 6.41 Å². The average molecular weight is 212 g/mol. The van der Waals surface area contributed by atoms with Crippen LogP contribution in [0.25, 0.3) is 0 Å². The van der Waals surface area contributed by atoms with Gasteiger partial charge in [-0.2, -0.15) is 0 Å². The van der Waals surface area contributed by atoms with Crippen LogP contribution in [0.4, 0.5) is 0 Å². The van der Waals surface area contributed by atoms with Gasteiger partial charge in [0.05, 0.1) is 0 Å². The SMILES string of the molecule is CN(C=O)C(Cl)CCc1ccccc1. The van der Waals surface area contributed by atoms with Crippen LogP contribution in [0, 0.1) is 0 Å². The first-order valence-corrected chi connectivity index (χ1v) is 5.03. The third kappa shape index (κ3) is 3.38. The number of benzene rings is 1. The first kappa shape index (κ1) is 11.1. The lowest BCUT2D eigenvalue weighted by Gasteiger charge is -2.17. The molecule has 1 rings (SSSR count). The molecule has 0 heterocycles. The third-order valence-electron chi connectivity index (χ3n) is 2.12. The molecule has 0 N–H and O–H groups in total. The summed E-state index contributed by atoms with van der Waals surface area (Å²) in [6.45, 7) is 0. The predicted octanol–water partition coefficient (Wildman–Crippen LogP) is 2.27. The fourth-order valence-electron chi connectivity index (χ4n) is 1.20. The molecule has 1 amide bonds. The van der Waals surface area contributed by atoms with Gasteiger partial charge in [0, 0.05) is 7.05 Å². The fraction of sp³-hybridized carbons (Fsp3) is 0.364. The Morgan fingerprint density at radius 3 is 2.64 bits per heavy atom. The molecule has 3 heteroatoms. The van der Waals surface area contributed by atoms with Crippen molar-refractivity contribution in [3.05, 3.63) is 35.9 Å². The number of nitrogens with zero attached hydrogens (tertiary/aromatic N) is 1. The number of rotatable bonds is 5. The molecule has 0 aliphatic rings. The molecule has 1 atom stereocenters. The van der Waals surface area contributed by atoms with Gasteiger partial charge in [0.25, 0.3) is 0 Å². The van der Waals surface area contributed by atoms with E-state index in [2.05, 4.69) is 12.1 Å². The van der Waals surface area contributed by atoms with E-state index in [9.17, 15) is 4.79 Å². The summed E-state index contributed by atoms with van der Waals surface area (Å²) in [6.07, 6.45) is 2.43. The number of amides is 1. The van der Waals surface area contributed by atoms with Crippen LogP contribution in [-0.4, -0.2) is 23.9 Å². The molecule has 0 aliphatic carbocycles. The van der Waals surface area contributed by atoms with Crippen molar-refractivity contribution >= 4 is 18.0 Å². The average Bonchev–Trinajstić information content (AvgIpc) is 2.26. The third-order valence-corrected chi connectivity index (χ3v) is 2.65. The molecule has 2 nitrogen and oxygen atoms in total. The Labute approximate surface area is 89.5 Å². The lowest BCUT2D eigenvalue weighted by Crippen LogP contribution is -2.25. The summed E-state index contributed by atoms with van der Waals surface area (Å²) >= 11 is 5.98. The highest BCUT2D eigenvalue weighted by Crippen LogP contribution is 2.10. The molecule has 0 saturated heterocycles. The Morgan fingerprint density at radius 1 is 1.43 bits per heavy atom. The topological polar surface area (TPSA) is 20.3 Å². The van der Waals surface area contributed by atoms with Crippen molar-refractivity contribution in [3.63, 3.8) is 0 Å². The van der Waals surface area contributed by atoms with Gasteiger partial charge in [-0.1, -0.05) is 41.9 Å². The molecule has 0 bridgehead atoms. The molecular formula is C11H14ClNO. The minimum absolute atomic E-state index is 0.215. The van der Waals surface area contributed by atoms with Gasteiger partial charge in [0.15, 0.2) is 0 Å².